The summed E-state index contributed by atoms with van der Waals surface area (Å²) < 4.78 is 29.6. The maximum atomic E-state index is 12.2. The summed E-state index contributed by atoms with van der Waals surface area (Å²) in [7, 11) is -3.32. The minimum atomic E-state index is -3.32. The number of aryl methyl sites for hydroxylation is 1. The van der Waals surface area contributed by atoms with Gasteiger partial charge in [-0.25, -0.2) is 18.2 Å². The minimum Gasteiger partial charge on any atom is -0.447 e. The summed E-state index contributed by atoms with van der Waals surface area (Å²) in [5.74, 6) is 0.333. The lowest BCUT2D eigenvalue weighted by Gasteiger charge is -2.28. The zero-order chi connectivity index (χ0) is 21.2. The predicted octanol–water partition coefficient (Wildman–Crippen LogP) is 4.68. The van der Waals surface area contributed by atoms with E-state index in [0.717, 1.165) is 41.1 Å². The second kappa shape index (κ2) is 8.83. The normalized spacial score (nSPS) is 19.9. The highest BCUT2D eigenvalue weighted by Gasteiger charge is 2.26. The number of nitrogens with zero attached hydrogens (tertiary/aromatic N) is 1. The molecule has 2 aromatic rings. The molecule has 6 nitrogen and oxygen atoms in total. The summed E-state index contributed by atoms with van der Waals surface area (Å²) in [6.07, 6.45) is 6.18. The van der Waals surface area contributed by atoms with E-state index in [0.29, 0.717) is 16.4 Å². The number of sulfone groups is 1. The van der Waals surface area contributed by atoms with Gasteiger partial charge in [-0.05, 0) is 58.1 Å². The molecule has 1 aliphatic rings. The first-order valence-corrected chi connectivity index (χ1v) is 12.6. The number of benzene rings is 1. The zero-order valence-corrected chi connectivity index (χ0v) is 18.9. The van der Waals surface area contributed by atoms with Gasteiger partial charge < -0.3 is 10.1 Å². The number of thiazole rings is 1. The second-order valence-corrected chi connectivity index (χ2v) is 11.0. The van der Waals surface area contributed by atoms with Gasteiger partial charge in [0.05, 0.1) is 20.9 Å². The van der Waals surface area contributed by atoms with Crippen molar-refractivity contribution < 1.29 is 17.9 Å². The topological polar surface area (TPSA) is 85.4 Å². The molecule has 1 N–H and O–H groups in total. The van der Waals surface area contributed by atoms with Crippen molar-refractivity contribution in [1.29, 1.82) is 0 Å². The molecular weight excluding hydrogens is 408 g/mol. The smallest absolute Gasteiger partial charge is 0.407 e. The molecule has 0 unspecified atom stereocenters. The van der Waals surface area contributed by atoms with Crippen LogP contribution in [0.1, 0.15) is 56.0 Å². The van der Waals surface area contributed by atoms with E-state index in [1.54, 1.807) is 23.6 Å². The summed E-state index contributed by atoms with van der Waals surface area (Å²) in [5, 5.41) is 3.97. The van der Waals surface area contributed by atoms with E-state index in [4.69, 9.17) is 4.74 Å². The highest BCUT2D eigenvalue weighted by molar-refractivity contribution is 7.90. The monoisotopic (exact) mass is 436 g/mol. The number of aromatic nitrogens is 1. The largest absolute Gasteiger partial charge is 0.447 e. The van der Waals surface area contributed by atoms with Crippen molar-refractivity contribution in [1.82, 2.24) is 10.3 Å². The van der Waals surface area contributed by atoms with Crippen LogP contribution in [0.15, 0.2) is 29.3 Å². The Hall–Kier alpha value is -1.93. The van der Waals surface area contributed by atoms with Crippen LogP contribution in [-0.4, -0.2) is 37.9 Å². The third-order valence-corrected chi connectivity index (χ3v) is 7.40. The summed E-state index contributed by atoms with van der Waals surface area (Å²) in [6.45, 7) is 5.56. The first-order chi connectivity index (χ1) is 13.6. The van der Waals surface area contributed by atoms with Crippen LogP contribution in [0.3, 0.4) is 0 Å². The van der Waals surface area contributed by atoms with Crippen molar-refractivity contribution in [3.63, 3.8) is 0 Å². The van der Waals surface area contributed by atoms with Crippen molar-refractivity contribution >= 4 is 27.3 Å². The highest BCUT2D eigenvalue weighted by Crippen LogP contribution is 2.39. The molecule has 1 saturated carbocycles. The van der Waals surface area contributed by atoms with Crippen LogP contribution in [0.5, 0.6) is 0 Å². The fourth-order valence-electron chi connectivity index (χ4n) is 3.64. The Labute approximate surface area is 176 Å². The standard InChI is InChI=1S/C21H28N2O4S2/c1-13(2)27-21(24)23-16-8-6-15(7-9-16)20-22-12-18(28-20)17-10-5-14(3)11-19(17)29(4,25)26/h5,10-13,15-16H,6-9H2,1-4H3,(H,23,24). The quantitative estimate of drug-likeness (QED) is 0.735. The molecule has 1 amide bonds. The van der Waals surface area contributed by atoms with E-state index < -0.39 is 9.84 Å². The lowest BCUT2D eigenvalue weighted by Crippen LogP contribution is -2.38. The van der Waals surface area contributed by atoms with Crippen LogP contribution < -0.4 is 5.32 Å². The molecule has 1 aliphatic carbocycles. The van der Waals surface area contributed by atoms with Gasteiger partial charge in [0.1, 0.15) is 0 Å². The van der Waals surface area contributed by atoms with Crippen LogP contribution in [0.4, 0.5) is 4.79 Å². The van der Waals surface area contributed by atoms with Gasteiger partial charge >= 0.3 is 6.09 Å². The van der Waals surface area contributed by atoms with Gasteiger partial charge in [-0.2, -0.15) is 0 Å². The summed E-state index contributed by atoms with van der Waals surface area (Å²) in [6, 6.07) is 5.64. The number of carbonyl (C=O) groups is 1. The molecule has 0 saturated heterocycles. The van der Waals surface area contributed by atoms with Crippen molar-refractivity contribution in [2.24, 2.45) is 0 Å². The Morgan fingerprint density at radius 2 is 1.93 bits per heavy atom. The van der Waals surface area contributed by atoms with Crippen molar-refractivity contribution in [2.45, 2.75) is 69.4 Å². The van der Waals surface area contributed by atoms with E-state index in [1.165, 1.54) is 6.26 Å². The van der Waals surface area contributed by atoms with Gasteiger partial charge in [-0.15, -0.1) is 11.3 Å². The van der Waals surface area contributed by atoms with Gasteiger partial charge in [0.2, 0.25) is 0 Å². The number of carbonyl (C=O) groups excluding carboxylic acids is 1. The maximum Gasteiger partial charge on any atom is 0.407 e. The van der Waals surface area contributed by atoms with Gasteiger partial charge in [-0.3, -0.25) is 0 Å². The highest BCUT2D eigenvalue weighted by atomic mass is 32.2. The van der Waals surface area contributed by atoms with E-state index in [1.807, 2.05) is 32.9 Å². The SMILES string of the molecule is Cc1ccc(-c2cnc(C3CCC(NC(=O)OC(C)C)CC3)s2)c(S(C)(=O)=O)c1. The molecule has 1 heterocycles. The lowest BCUT2D eigenvalue weighted by molar-refractivity contribution is 0.109. The average molecular weight is 437 g/mol. The van der Waals surface area contributed by atoms with Crippen molar-refractivity contribution in [3.8, 4) is 10.4 Å². The Morgan fingerprint density at radius 1 is 1.24 bits per heavy atom. The van der Waals surface area contributed by atoms with Gasteiger partial charge in [0.25, 0.3) is 0 Å². The Morgan fingerprint density at radius 3 is 2.55 bits per heavy atom. The van der Waals surface area contributed by atoms with Crippen LogP contribution in [0.2, 0.25) is 0 Å². The minimum absolute atomic E-state index is 0.126. The van der Waals surface area contributed by atoms with Gasteiger partial charge in [0, 0.05) is 30.0 Å². The van der Waals surface area contributed by atoms with E-state index in [2.05, 4.69) is 10.3 Å². The number of hydrogen-bond donors (Lipinski definition) is 1. The number of amides is 1. The number of alkyl carbamates (subject to hydrolysis) is 1. The first kappa shape index (κ1) is 21.8. The third kappa shape index (κ3) is 5.57. The van der Waals surface area contributed by atoms with Gasteiger partial charge in [-0.1, -0.05) is 12.1 Å². The number of nitrogens with one attached hydrogen (secondary N) is 1. The zero-order valence-electron chi connectivity index (χ0n) is 17.3. The maximum absolute atomic E-state index is 12.2. The van der Waals surface area contributed by atoms with E-state index in [-0.39, 0.29) is 18.2 Å². The van der Waals surface area contributed by atoms with Crippen LogP contribution >= 0.6 is 11.3 Å². The summed E-state index contributed by atoms with van der Waals surface area (Å²) in [5.41, 5.74) is 1.63. The lowest BCUT2D eigenvalue weighted by atomic mass is 9.86. The molecule has 0 bridgehead atoms. The summed E-state index contributed by atoms with van der Waals surface area (Å²) >= 11 is 1.56. The van der Waals surface area contributed by atoms with Crippen LogP contribution in [0, 0.1) is 6.92 Å². The fraction of sp³-hybridized carbons (Fsp3) is 0.524. The van der Waals surface area contributed by atoms with Crippen molar-refractivity contribution in [2.75, 3.05) is 6.26 Å². The second-order valence-electron chi connectivity index (χ2n) is 7.98. The summed E-state index contributed by atoms with van der Waals surface area (Å²) in [4.78, 5) is 17.6. The molecule has 29 heavy (non-hydrogen) atoms. The number of hydrogen-bond acceptors (Lipinski definition) is 6. The molecule has 0 spiro atoms. The van der Waals surface area contributed by atoms with Gasteiger partial charge in [0.15, 0.2) is 9.84 Å². The third-order valence-electron chi connectivity index (χ3n) is 5.07. The molecule has 3 rings (SSSR count). The van der Waals surface area contributed by atoms with Crippen LogP contribution in [-0.2, 0) is 14.6 Å². The molecule has 1 aromatic carbocycles. The fourth-order valence-corrected chi connectivity index (χ4v) is 5.81. The molecule has 8 heteroatoms. The van der Waals surface area contributed by atoms with Crippen LogP contribution in [0.25, 0.3) is 10.4 Å². The molecule has 0 atom stereocenters. The number of rotatable bonds is 5. The molecule has 0 radical (unpaired) electrons. The van der Waals surface area contributed by atoms with Crippen molar-refractivity contribution in [3.05, 3.63) is 35.0 Å². The predicted molar refractivity (Wildman–Crippen MR) is 115 cm³/mol. The molecule has 1 fully saturated rings. The average Bonchev–Trinajstić information content (AvgIpc) is 3.10. The molecule has 158 valence electrons. The number of ether oxygens (including phenoxy) is 1. The first-order valence-electron chi connectivity index (χ1n) is 9.87. The molecule has 0 aliphatic heterocycles. The Kier molecular flexibility index (Phi) is 6.63. The Bertz CT molecular complexity index is 974. The van der Waals surface area contributed by atoms with E-state index in [9.17, 15) is 13.2 Å². The van der Waals surface area contributed by atoms with E-state index >= 15 is 0 Å². The Balaban J connectivity index is 1.69. The molecular formula is C21H28N2O4S2. The molecule has 1 aromatic heterocycles.